The van der Waals surface area contributed by atoms with Gasteiger partial charge in [-0.25, -0.2) is 0 Å². The Labute approximate surface area is 156 Å². The first-order valence-electron chi connectivity index (χ1n) is 8.59. The van der Waals surface area contributed by atoms with Gasteiger partial charge in [0.05, 0.1) is 0 Å². The molecule has 1 aliphatic rings. The summed E-state index contributed by atoms with van der Waals surface area (Å²) in [5, 5.41) is 6.92. The van der Waals surface area contributed by atoms with Crippen LogP contribution in [-0.2, 0) is 0 Å². The predicted molar refractivity (Wildman–Crippen MR) is 103 cm³/mol. The molecule has 0 bridgehead atoms. The molecule has 3 nitrogen and oxygen atoms in total. The third kappa shape index (κ3) is 4.02. The normalized spacial score (nSPS) is 21.0. The molecule has 0 atom stereocenters. The van der Waals surface area contributed by atoms with E-state index < -0.39 is 0 Å². The molecule has 2 aromatic heterocycles. The van der Waals surface area contributed by atoms with E-state index in [1.54, 1.807) is 0 Å². The number of rotatable bonds is 4. The average molecular weight is 371 g/mol. The summed E-state index contributed by atoms with van der Waals surface area (Å²) >= 11 is 7.79. The standard InChI is InChI=1S/C20H19ClN2OS/c21-17-10-8-16(9-11-17)20-22-19(24-23-20)12-5-14-3-6-15(7-4-14)18-2-1-13-25-18/h1-2,5,8-15H,3-4,6-7H2. The highest BCUT2D eigenvalue weighted by atomic mass is 35.5. The predicted octanol–water partition coefficient (Wildman–Crippen LogP) is 6.44. The number of thiophene rings is 1. The first-order chi connectivity index (χ1) is 12.3. The summed E-state index contributed by atoms with van der Waals surface area (Å²) in [6.45, 7) is 0. The van der Waals surface area contributed by atoms with Crippen LogP contribution in [0.5, 0.6) is 0 Å². The second-order valence-electron chi connectivity index (χ2n) is 6.45. The Morgan fingerprint density at radius 2 is 1.88 bits per heavy atom. The van der Waals surface area contributed by atoms with Crippen LogP contribution in [0, 0.1) is 5.92 Å². The van der Waals surface area contributed by atoms with Crippen LogP contribution in [0.1, 0.15) is 42.4 Å². The van der Waals surface area contributed by atoms with Gasteiger partial charge in [-0.1, -0.05) is 28.9 Å². The lowest BCUT2D eigenvalue weighted by Gasteiger charge is -2.25. The first kappa shape index (κ1) is 16.6. The number of hydrogen-bond acceptors (Lipinski definition) is 4. The summed E-state index contributed by atoms with van der Waals surface area (Å²) < 4.78 is 5.34. The van der Waals surface area contributed by atoms with Gasteiger partial charge < -0.3 is 4.52 Å². The molecule has 1 aromatic carbocycles. The summed E-state index contributed by atoms with van der Waals surface area (Å²) in [5.74, 6) is 2.50. The van der Waals surface area contributed by atoms with Gasteiger partial charge in [0.25, 0.3) is 5.89 Å². The van der Waals surface area contributed by atoms with E-state index in [1.807, 2.05) is 41.7 Å². The van der Waals surface area contributed by atoms with Gasteiger partial charge in [0.2, 0.25) is 5.82 Å². The van der Waals surface area contributed by atoms with E-state index in [4.69, 9.17) is 16.1 Å². The topological polar surface area (TPSA) is 38.9 Å². The van der Waals surface area contributed by atoms with Crippen LogP contribution >= 0.6 is 22.9 Å². The molecule has 0 saturated heterocycles. The van der Waals surface area contributed by atoms with Gasteiger partial charge in [-0.15, -0.1) is 11.3 Å². The molecule has 4 rings (SSSR count). The summed E-state index contributed by atoms with van der Waals surface area (Å²) in [5.41, 5.74) is 0.907. The van der Waals surface area contributed by atoms with Crippen molar-refractivity contribution < 1.29 is 4.52 Å². The van der Waals surface area contributed by atoms with Crippen molar-refractivity contribution in [3.05, 3.63) is 63.6 Å². The summed E-state index contributed by atoms with van der Waals surface area (Å²) in [7, 11) is 0. The number of allylic oxidation sites excluding steroid dienone is 1. The lowest BCUT2D eigenvalue weighted by molar-refractivity contribution is 0.378. The van der Waals surface area contributed by atoms with Crippen molar-refractivity contribution in [2.45, 2.75) is 31.6 Å². The Bertz CT molecular complexity index is 831. The molecule has 1 fully saturated rings. The molecule has 0 radical (unpaired) electrons. The lowest BCUT2D eigenvalue weighted by atomic mass is 9.81. The zero-order valence-corrected chi connectivity index (χ0v) is 15.3. The number of hydrogen-bond donors (Lipinski definition) is 0. The molecule has 1 aliphatic carbocycles. The van der Waals surface area contributed by atoms with E-state index in [1.165, 1.54) is 30.6 Å². The second kappa shape index (κ2) is 7.54. The smallest absolute Gasteiger partial charge is 0.250 e. The quantitative estimate of drug-likeness (QED) is 0.530. The van der Waals surface area contributed by atoms with Crippen LogP contribution in [0.4, 0.5) is 0 Å². The van der Waals surface area contributed by atoms with Crippen LogP contribution in [0.2, 0.25) is 5.02 Å². The van der Waals surface area contributed by atoms with Crippen LogP contribution in [0.15, 0.2) is 52.4 Å². The molecule has 1 saturated carbocycles. The molecule has 5 heteroatoms. The Kier molecular flexibility index (Phi) is 4.99. The van der Waals surface area contributed by atoms with E-state index in [0.29, 0.717) is 22.7 Å². The highest BCUT2D eigenvalue weighted by Gasteiger charge is 2.21. The number of benzene rings is 1. The zero-order valence-electron chi connectivity index (χ0n) is 13.8. The van der Waals surface area contributed by atoms with Crippen LogP contribution in [-0.4, -0.2) is 10.1 Å². The first-order valence-corrected chi connectivity index (χ1v) is 9.85. The minimum atomic E-state index is 0.560. The largest absolute Gasteiger partial charge is 0.334 e. The van der Waals surface area contributed by atoms with E-state index >= 15 is 0 Å². The van der Waals surface area contributed by atoms with Gasteiger partial charge in [-0.05, 0) is 79.3 Å². The van der Waals surface area contributed by atoms with Crippen LogP contribution in [0.25, 0.3) is 17.5 Å². The number of nitrogens with zero attached hydrogens (tertiary/aromatic N) is 2. The summed E-state index contributed by atoms with van der Waals surface area (Å²) in [6, 6.07) is 11.9. The van der Waals surface area contributed by atoms with Gasteiger partial charge in [0.1, 0.15) is 0 Å². The highest BCUT2D eigenvalue weighted by Crippen LogP contribution is 2.38. The monoisotopic (exact) mass is 370 g/mol. The SMILES string of the molecule is Clc1ccc(-c2noc(C=CC3CCC(c4cccs4)CC3)n2)cc1. The van der Waals surface area contributed by atoms with Crippen molar-refractivity contribution in [3.8, 4) is 11.4 Å². The lowest BCUT2D eigenvalue weighted by Crippen LogP contribution is -2.10. The summed E-state index contributed by atoms with van der Waals surface area (Å²) in [4.78, 5) is 5.98. The maximum Gasteiger partial charge on any atom is 0.250 e. The Morgan fingerprint density at radius 3 is 2.60 bits per heavy atom. The molecule has 2 heterocycles. The second-order valence-corrected chi connectivity index (χ2v) is 7.87. The van der Waals surface area contributed by atoms with Crippen LogP contribution < -0.4 is 0 Å². The number of halogens is 1. The molecule has 0 unspecified atom stereocenters. The van der Waals surface area contributed by atoms with Crippen molar-refractivity contribution in [3.63, 3.8) is 0 Å². The van der Waals surface area contributed by atoms with Crippen molar-refractivity contribution in [1.82, 2.24) is 10.1 Å². The van der Waals surface area contributed by atoms with Crippen molar-refractivity contribution in [2.24, 2.45) is 5.92 Å². The fraction of sp³-hybridized carbons (Fsp3) is 0.300. The Hall–Kier alpha value is -1.91. The molecule has 128 valence electrons. The van der Waals surface area contributed by atoms with E-state index in [-0.39, 0.29) is 0 Å². The van der Waals surface area contributed by atoms with Crippen molar-refractivity contribution in [2.75, 3.05) is 0 Å². The van der Waals surface area contributed by atoms with E-state index in [0.717, 1.165) is 11.5 Å². The van der Waals surface area contributed by atoms with Crippen molar-refractivity contribution >= 4 is 29.0 Å². The molecule has 25 heavy (non-hydrogen) atoms. The molecule has 0 aliphatic heterocycles. The van der Waals surface area contributed by atoms with Crippen molar-refractivity contribution in [1.29, 1.82) is 0 Å². The average Bonchev–Trinajstić information content (AvgIpc) is 3.33. The van der Waals surface area contributed by atoms with E-state index in [2.05, 4.69) is 33.7 Å². The molecular formula is C20H19ClN2OS. The third-order valence-corrected chi connectivity index (χ3v) is 6.06. The molecule has 0 N–H and O–H groups in total. The maximum atomic E-state index is 5.91. The van der Waals surface area contributed by atoms with Gasteiger partial charge in [-0.3, -0.25) is 0 Å². The van der Waals surface area contributed by atoms with Gasteiger partial charge in [0, 0.05) is 15.5 Å². The molecule has 3 aromatic rings. The highest BCUT2D eigenvalue weighted by molar-refractivity contribution is 7.10. The minimum absolute atomic E-state index is 0.560. The third-order valence-electron chi connectivity index (χ3n) is 4.77. The fourth-order valence-electron chi connectivity index (χ4n) is 3.36. The molecular weight excluding hydrogens is 352 g/mol. The Balaban J connectivity index is 1.36. The van der Waals surface area contributed by atoms with Gasteiger partial charge >= 0.3 is 0 Å². The molecule has 0 amide bonds. The van der Waals surface area contributed by atoms with E-state index in [9.17, 15) is 0 Å². The minimum Gasteiger partial charge on any atom is -0.334 e. The summed E-state index contributed by atoms with van der Waals surface area (Å²) in [6.07, 6.45) is 9.14. The van der Waals surface area contributed by atoms with Crippen LogP contribution in [0.3, 0.4) is 0 Å². The van der Waals surface area contributed by atoms with Gasteiger partial charge in [0.15, 0.2) is 0 Å². The zero-order chi connectivity index (χ0) is 17.1. The molecule has 0 spiro atoms. The fourth-order valence-corrected chi connectivity index (χ4v) is 4.38. The maximum absolute atomic E-state index is 5.91. The Morgan fingerprint density at radius 1 is 1.08 bits per heavy atom. The van der Waals surface area contributed by atoms with Gasteiger partial charge in [-0.2, -0.15) is 4.98 Å². The number of aromatic nitrogens is 2.